The van der Waals surface area contributed by atoms with Crippen molar-refractivity contribution in [2.45, 2.75) is 31.8 Å². The Kier molecular flexibility index (Phi) is 2.44. The van der Waals surface area contributed by atoms with E-state index >= 15 is 0 Å². The highest BCUT2D eigenvalue weighted by Gasteiger charge is 2.25. The molecule has 1 aromatic heterocycles. The first kappa shape index (κ1) is 10.5. The van der Waals surface area contributed by atoms with Gasteiger partial charge in [-0.1, -0.05) is 30.3 Å². The van der Waals surface area contributed by atoms with Crippen molar-refractivity contribution < 1.29 is 0 Å². The lowest BCUT2D eigenvalue weighted by Crippen LogP contribution is -2.25. The van der Waals surface area contributed by atoms with Crippen molar-refractivity contribution in [3.63, 3.8) is 0 Å². The Hall–Kier alpha value is -1.68. The molecule has 0 fully saturated rings. The van der Waals surface area contributed by atoms with Gasteiger partial charge in [0.05, 0.1) is 12.1 Å². The molecule has 0 spiro atoms. The number of aromatic nitrogens is 3. The molecule has 2 heterocycles. The molecule has 0 bridgehead atoms. The van der Waals surface area contributed by atoms with E-state index in [1.165, 1.54) is 0 Å². The zero-order chi connectivity index (χ0) is 11.8. The molecule has 0 amide bonds. The molecule has 0 saturated carbocycles. The van der Waals surface area contributed by atoms with Gasteiger partial charge < -0.3 is 5.73 Å². The van der Waals surface area contributed by atoms with E-state index in [0.717, 1.165) is 30.1 Å². The van der Waals surface area contributed by atoms with E-state index in [1.807, 2.05) is 35.0 Å². The largest absolute Gasteiger partial charge is 0.321 e. The fourth-order valence-electron chi connectivity index (χ4n) is 2.29. The molecule has 88 valence electrons. The van der Waals surface area contributed by atoms with Crippen LogP contribution < -0.4 is 5.73 Å². The Balaban J connectivity index is 2.07. The molecule has 0 aliphatic carbocycles. The second-order valence-corrected chi connectivity index (χ2v) is 4.64. The first-order valence-corrected chi connectivity index (χ1v) is 6.03. The predicted octanol–water partition coefficient (Wildman–Crippen LogP) is 2.30. The molecule has 4 nitrogen and oxygen atoms in total. The summed E-state index contributed by atoms with van der Waals surface area (Å²) in [5.41, 5.74) is 7.13. The summed E-state index contributed by atoms with van der Waals surface area (Å²) in [7, 11) is 0. The van der Waals surface area contributed by atoms with Crippen molar-refractivity contribution in [3.8, 4) is 11.4 Å². The van der Waals surface area contributed by atoms with Gasteiger partial charge in [-0.25, -0.2) is 9.67 Å². The minimum atomic E-state index is 0.0242. The van der Waals surface area contributed by atoms with Crippen molar-refractivity contribution in [1.29, 1.82) is 0 Å². The van der Waals surface area contributed by atoms with Gasteiger partial charge >= 0.3 is 0 Å². The molecule has 4 heteroatoms. The summed E-state index contributed by atoms with van der Waals surface area (Å²) < 4.78 is 1.98. The van der Waals surface area contributed by atoms with Crippen molar-refractivity contribution in [1.82, 2.24) is 14.8 Å². The van der Waals surface area contributed by atoms with Crippen LogP contribution >= 0.6 is 0 Å². The standard InChI is InChI=1S/C13H16N4/c1-9-7-8-11(14)13-15-12(16-17(9)13)10-5-3-2-4-6-10/h2-6,9,11H,7-8,14H2,1H3. The summed E-state index contributed by atoms with van der Waals surface area (Å²) in [6.07, 6.45) is 2.07. The van der Waals surface area contributed by atoms with E-state index in [4.69, 9.17) is 5.73 Å². The van der Waals surface area contributed by atoms with Gasteiger partial charge in [0.1, 0.15) is 5.82 Å². The maximum absolute atomic E-state index is 6.08. The van der Waals surface area contributed by atoms with Crippen molar-refractivity contribution in [2.24, 2.45) is 5.73 Å². The van der Waals surface area contributed by atoms with Crippen LogP contribution in [-0.2, 0) is 0 Å². The van der Waals surface area contributed by atoms with Crippen molar-refractivity contribution in [3.05, 3.63) is 36.2 Å². The first-order valence-electron chi connectivity index (χ1n) is 6.03. The lowest BCUT2D eigenvalue weighted by molar-refractivity contribution is 0.350. The summed E-state index contributed by atoms with van der Waals surface area (Å²) in [4.78, 5) is 4.58. The molecule has 2 aromatic rings. The number of fused-ring (bicyclic) bond motifs is 1. The summed E-state index contributed by atoms with van der Waals surface area (Å²) in [5, 5.41) is 4.58. The minimum Gasteiger partial charge on any atom is -0.321 e. The quantitative estimate of drug-likeness (QED) is 0.814. The smallest absolute Gasteiger partial charge is 0.181 e. The van der Waals surface area contributed by atoms with Crippen LogP contribution in [0, 0.1) is 0 Å². The summed E-state index contributed by atoms with van der Waals surface area (Å²) in [6.45, 7) is 2.17. The predicted molar refractivity (Wildman–Crippen MR) is 66.3 cm³/mol. The van der Waals surface area contributed by atoms with Crippen molar-refractivity contribution >= 4 is 0 Å². The van der Waals surface area contributed by atoms with E-state index in [1.54, 1.807) is 0 Å². The third kappa shape index (κ3) is 1.74. The van der Waals surface area contributed by atoms with Gasteiger partial charge in [-0.05, 0) is 19.8 Å². The number of nitrogens with zero attached hydrogens (tertiary/aromatic N) is 3. The average Bonchev–Trinajstić information content (AvgIpc) is 2.81. The van der Waals surface area contributed by atoms with Gasteiger partial charge in [0.2, 0.25) is 0 Å². The van der Waals surface area contributed by atoms with Crippen LogP contribution in [0.2, 0.25) is 0 Å². The fraction of sp³-hybridized carbons (Fsp3) is 0.385. The molecular formula is C13H16N4. The van der Waals surface area contributed by atoms with Crippen LogP contribution in [-0.4, -0.2) is 14.8 Å². The van der Waals surface area contributed by atoms with Gasteiger partial charge in [-0.2, -0.15) is 5.10 Å². The van der Waals surface area contributed by atoms with Crippen LogP contribution in [0.4, 0.5) is 0 Å². The number of rotatable bonds is 1. The molecule has 2 N–H and O–H groups in total. The molecule has 3 rings (SSSR count). The van der Waals surface area contributed by atoms with Gasteiger partial charge in [0.15, 0.2) is 5.82 Å². The molecule has 2 unspecified atom stereocenters. The highest BCUT2D eigenvalue weighted by molar-refractivity contribution is 5.54. The van der Waals surface area contributed by atoms with Gasteiger partial charge in [-0.3, -0.25) is 0 Å². The van der Waals surface area contributed by atoms with Crippen LogP contribution in [0.25, 0.3) is 11.4 Å². The van der Waals surface area contributed by atoms with E-state index in [2.05, 4.69) is 17.0 Å². The first-order chi connectivity index (χ1) is 8.25. The number of benzene rings is 1. The average molecular weight is 228 g/mol. The molecule has 1 aliphatic rings. The minimum absolute atomic E-state index is 0.0242. The Labute approximate surface area is 100 Å². The second-order valence-electron chi connectivity index (χ2n) is 4.64. The molecular weight excluding hydrogens is 212 g/mol. The van der Waals surface area contributed by atoms with Crippen LogP contribution in [0.3, 0.4) is 0 Å². The number of hydrogen-bond acceptors (Lipinski definition) is 3. The Morgan fingerprint density at radius 1 is 1.24 bits per heavy atom. The molecule has 1 aromatic carbocycles. The van der Waals surface area contributed by atoms with E-state index in [9.17, 15) is 0 Å². The summed E-state index contributed by atoms with van der Waals surface area (Å²) in [6, 6.07) is 10.5. The summed E-state index contributed by atoms with van der Waals surface area (Å²) >= 11 is 0. The highest BCUT2D eigenvalue weighted by Crippen LogP contribution is 2.30. The zero-order valence-electron chi connectivity index (χ0n) is 9.87. The van der Waals surface area contributed by atoms with E-state index in [0.29, 0.717) is 6.04 Å². The Bertz CT molecular complexity index is 490. The zero-order valence-corrected chi connectivity index (χ0v) is 9.87. The van der Waals surface area contributed by atoms with Gasteiger partial charge in [0.25, 0.3) is 0 Å². The maximum Gasteiger partial charge on any atom is 0.181 e. The van der Waals surface area contributed by atoms with Gasteiger partial charge in [-0.15, -0.1) is 0 Å². The Morgan fingerprint density at radius 3 is 2.71 bits per heavy atom. The van der Waals surface area contributed by atoms with Gasteiger partial charge in [0, 0.05) is 5.56 Å². The van der Waals surface area contributed by atoms with Crippen LogP contribution in [0.15, 0.2) is 30.3 Å². The monoisotopic (exact) mass is 228 g/mol. The van der Waals surface area contributed by atoms with E-state index < -0.39 is 0 Å². The van der Waals surface area contributed by atoms with Crippen LogP contribution in [0.5, 0.6) is 0 Å². The lowest BCUT2D eigenvalue weighted by Gasteiger charge is -2.23. The highest BCUT2D eigenvalue weighted by atomic mass is 15.4. The van der Waals surface area contributed by atoms with E-state index in [-0.39, 0.29) is 6.04 Å². The normalized spacial score (nSPS) is 23.4. The van der Waals surface area contributed by atoms with Crippen LogP contribution in [0.1, 0.15) is 37.7 Å². The lowest BCUT2D eigenvalue weighted by atomic mass is 10.0. The molecule has 1 aliphatic heterocycles. The number of nitrogens with two attached hydrogens (primary N) is 1. The second kappa shape index (κ2) is 3.96. The topological polar surface area (TPSA) is 56.7 Å². The third-order valence-corrected chi connectivity index (χ3v) is 3.33. The third-order valence-electron chi connectivity index (χ3n) is 3.33. The fourth-order valence-corrected chi connectivity index (χ4v) is 2.29. The molecule has 2 atom stereocenters. The SMILES string of the molecule is CC1CCC(N)c2nc(-c3ccccc3)nn21. The Morgan fingerprint density at radius 2 is 2.00 bits per heavy atom. The summed E-state index contributed by atoms with van der Waals surface area (Å²) in [5.74, 6) is 1.70. The number of hydrogen-bond donors (Lipinski definition) is 1. The molecule has 17 heavy (non-hydrogen) atoms. The molecule has 0 radical (unpaired) electrons. The molecule has 0 saturated heterocycles. The maximum atomic E-state index is 6.08. The van der Waals surface area contributed by atoms with Crippen molar-refractivity contribution in [2.75, 3.05) is 0 Å².